The summed E-state index contributed by atoms with van der Waals surface area (Å²) < 4.78 is 0. The molecule has 2 aromatic carbocycles. The second-order valence-corrected chi connectivity index (χ2v) is 6.23. The number of aromatic carboxylic acids is 1. The van der Waals surface area contributed by atoms with Gasteiger partial charge in [-0.15, -0.1) is 0 Å². The zero-order chi connectivity index (χ0) is 14.9. The van der Waals surface area contributed by atoms with Crippen LogP contribution >= 0.6 is 11.6 Å². The maximum absolute atomic E-state index is 10.9. The molecule has 1 N–H and O–H groups in total. The summed E-state index contributed by atoms with van der Waals surface area (Å²) in [4.78, 5) is 10.9. The first-order valence-corrected chi connectivity index (χ1v) is 6.80. The fourth-order valence-corrected chi connectivity index (χ4v) is 2.32. The number of hydrogen-bond acceptors (Lipinski definition) is 1. The summed E-state index contributed by atoms with van der Waals surface area (Å²) in [5.74, 6) is -0.971. The molecule has 2 aromatic rings. The van der Waals surface area contributed by atoms with Crippen LogP contribution in [0.15, 0.2) is 42.5 Å². The number of rotatable bonds is 2. The van der Waals surface area contributed by atoms with Gasteiger partial charge in [-0.2, -0.15) is 0 Å². The lowest BCUT2D eigenvalue weighted by Gasteiger charge is -2.19. The molecular formula is C17H17ClO2. The SMILES string of the molecule is CC(C)(C)c1ccc(-c2ccc(C(=O)O)cc2Cl)cc1. The van der Waals surface area contributed by atoms with Crippen molar-refractivity contribution in [3.63, 3.8) is 0 Å². The van der Waals surface area contributed by atoms with Crippen LogP contribution in [-0.2, 0) is 5.41 Å². The smallest absolute Gasteiger partial charge is 0.335 e. The quantitative estimate of drug-likeness (QED) is 0.844. The van der Waals surface area contributed by atoms with Crippen molar-refractivity contribution in [2.24, 2.45) is 0 Å². The molecular weight excluding hydrogens is 272 g/mol. The fraction of sp³-hybridized carbons (Fsp3) is 0.235. The van der Waals surface area contributed by atoms with Gasteiger partial charge in [0, 0.05) is 10.6 Å². The third kappa shape index (κ3) is 3.02. The predicted molar refractivity (Wildman–Crippen MR) is 82.5 cm³/mol. The molecule has 0 saturated heterocycles. The Morgan fingerprint density at radius 3 is 2.10 bits per heavy atom. The van der Waals surface area contributed by atoms with Crippen LogP contribution in [-0.4, -0.2) is 11.1 Å². The molecule has 0 saturated carbocycles. The van der Waals surface area contributed by atoms with Gasteiger partial charge in [0.15, 0.2) is 0 Å². The predicted octanol–water partition coefficient (Wildman–Crippen LogP) is 5.00. The Kier molecular flexibility index (Phi) is 3.87. The summed E-state index contributed by atoms with van der Waals surface area (Å²) >= 11 is 6.17. The van der Waals surface area contributed by atoms with Crippen LogP contribution in [0.5, 0.6) is 0 Å². The third-order valence-electron chi connectivity index (χ3n) is 3.28. The van der Waals surface area contributed by atoms with Crippen molar-refractivity contribution >= 4 is 17.6 Å². The number of benzene rings is 2. The van der Waals surface area contributed by atoms with Crippen LogP contribution in [0.3, 0.4) is 0 Å². The largest absolute Gasteiger partial charge is 0.478 e. The van der Waals surface area contributed by atoms with E-state index >= 15 is 0 Å². The molecule has 0 atom stereocenters. The second-order valence-electron chi connectivity index (χ2n) is 5.83. The lowest BCUT2D eigenvalue weighted by atomic mass is 9.86. The van der Waals surface area contributed by atoms with Crippen molar-refractivity contribution in [2.75, 3.05) is 0 Å². The van der Waals surface area contributed by atoms with E-state index in [0.29, 0.717) is 5.02 Å². The zero-order valence-corrected chi connectivity index (χ0v) is 12.5. The molecule has 0 bridgehead atoms. The van der Waals surface area contributed by atoms with Crippen molar-refractivity contribution in [1.29, 1.82) is 0 Å². The van der Waals surface area contributed by atoms with Gasteiger partial charge in [0.2, 0.25) is 0 Å². The van der Waals surface area contributed by atoms with Crippen molar-refractivity contribution < 1.29 is 9.90 Å². The number of hydrogen-bond donors (Lipinski definition) is 1. The first kappa shape index (κ1) is 14.6. The molecule has 20 heavy (non-hydrogen) atoms. The van der Waals surface area contributed by atoms with Gasteiger partial charge in [-0.05, 0) is 28.7 Å². The summed E-state index contributed by atoms with van der Waals surface area (Å²) in [5.41, 5.74) is 3.39. The molecule has 0 aromatic heterocycles. The first-order valence-electron chi connectivity index (χ1n) is 6.43. The average Bonchev–Trinajstić information content (AvgIpc) is 2.37. The maximum atomic E-state index is 10.9. The van der Waals surface area contributed by atoms with Crippen LogP contribution in [0.2, 0.25) is 5.02 Å². The van der Waals surface area contributed by atoms with E-state index in [0.717, 1.165) is 11.1 Å². The minimum atomic E-state index is -0.971. The molecule has 0 unspecified atom stereocenters. The van der Waals surface area contributed by atoms with Crippen molar-refractivity contribution in [1.82, 2.24) is 0 Å². The van der Waals surface area contributed by atoms with Crippen molar-refractivity contribution in [3.8, 4) is 11.1 Å². The third-order valence-corrected chi connectivity index (χ3v) is 3.59. The second kappa shape index (κ2) is 5.29. The number of carboxylic acids is 1. The Hall–Kier alpha value is -1.80. The molecule has 2 nitrogen and oxygen atoms in total. The highest BCUT2D eigenvalue weighted by Crippen LogP contribution is 2.31. The Morgan fingerprint density at radius 2 is 1.65 bits per heavy atom. The topological polar surface area (TPSA) is 37.3 Å². The number of halogens is 1. The number of carbonyl (C=O) groups is 1. The van der Waals surface area contributed by atoms with E-state index in [4.69, 9.17) is 16.7 Å². The molecule has 0 fully saturated rings. The Labute approximate surface area is 124 Å². The Bertz CT molecular complexity index is 637. The highest BCUT2D eigenvalue weighted by Gasteiger charge is 2.14. The molecule has 0 aliphatic rings. The molecule has 0 amide bonds. The minimum absolute atomic E-state index is 0.107. The van der Waals surface area contributed by atoms with Gasteiger partial charge >= 0.3 is 5.97 Å². The highest BCUT2D eigenvalue weighted by atomic mass is 35.5. The Morgan fingerprint density at radius 1 is 1.05 bits per heavy atom. The normalized spacial score (nSPS) is 11.4. The summed E-state index contributed by atoms with van der Waals surface area (Å²) in [6.45, 7) is 6.49. The summed E-state index contributed by atoms with van der Waals surface area (Å²) in [7, 11) is 0. The maximum Gasteiger partial charge on any atom is 0.335 e. The van der Waals surface area contributed by atoms with Crippen LogP contribution in [0.4, 0.5) is 0 Å². The van der Waals surface area contributed by atoms with Crippen molar-refractivity contribution in [3.05, 3.63) is 58.6 Å². The Balaban J connectivity index is 2.40. The molecule has 0 radical (unpaired) electrons. The molecule has 0 aliphatic carbocycles. The van der Waals surface area contributed by atoms with E-state index < -0.39 is 5.97 Å². The van der Waals surface area contributed by atoms with E-state index in [1.165, 1.54) is 11.6 Å². The molecule has 3 heteroatoms. The van der Waals surface area contributed by atoms with Crippen LogP contribution in [0, 0.1) is 0 Å². The van der Waals surface area contributed by atoms with Gasteiger partial charge in [0.05, 0.1) is 5.56 Å². The molecule has 2 rings (SSSR count). The van der Waals surface area contributed by atoms with E-state index in [1.54, 1.807) is 12.1 Å². The summed E-state index contributed by atoms with van der Waals surface area (Å²) in [5, 5.41) is 9.39. The average molecular weight is 289 g/mol. The summed E-state index contributed by atoms with van der Waals surface area (Å²) in [6, 6.07) is 13.0. The number of carboxylic acid groups (broad SMARTS) is 1. The van der Waals surface area contributed by atoms with E-state index in [1.807, 2.05) is 12.1 Å². The first-order chi connectivity index (χ1) is 9.29. The minimum Gasteiger partial charge on any atom is -0.478 e. The monoisotopic (exact) mass is 288 g/mol. The molecule has 104 valence electrons. The van der Waals surface area contributed by atoms with Gasteiger partial charge in [0.25, 0.3) is 0 Å². The lowest BCUT2D eigenvalue weighted by Crippen LogP contribution is -2.10. The lowest BCUT2D eigenvalue weighted by molar-refractivity contribution is 0.0697. The van der Waals surface area contributed by atoms with Crippen LogP contribution < -0.4 is 0 Å². The van der Waals surface area contributed by atoms with Crippen LogP contribution in [0.25, 0.3) is 11.1 Å². The van der Waals surface area contributed by atoms with E-state index in [2.05, 4.69) is 32.9 Å². The van der Waals surface area contributed by atoms with Gasteiger partial charge in [0.1, 0.15) is 0 Å². The molecule has 0 spiro atoms. The van der Waals surface area contributed by atoms with E-state index in [-0.39, 0.29) is 11.0 Å². The molecule has 0 heterocycles. The van der Waals surface area contributed by atoms with Gasteiger partial charge in [-0.25, -0.2) is 4.79 Å². The molecule has 0 aliphatic heterocycles. The zero-order valence-electron chi connectivity index (χ0n) is 11.8. The summed E-state index contributed by atoms with van der Waals surface area (Å²) in [6.07, 6.45) is 0. The van der Waals surface area contributed by atoms with Gasteiger partial charge in [-0.1, -0.05) is 62.7 Å². The van der Waals surface area contributed by atoms with E-state index in [9.17, 15) is 4.79 Å². The van der Waals surface area contributed by atoms with Crippen molar-refractivity contribution in [2.45, 2.75) is 26.2 Å². The standard InChI is InChI=1S/C17H17ClO2/c1-17(2,3)13-7-4-11(5-8-13)14-9-6-12(16(19)20)10-15(14)18/h4-10H,1-3H3,(H,19,20). The van der Waals surface area contributed by atoms with Gasteiger partial charge < -0.3 is 5.11 Å². The van der Waals surface area contributed by atoms with Gasteiger partial charge in [-0.3, -0.25) is 0 Å². The van der Waals surface area contributed by atoms with Crippen LogP contribution in [0.1, 0.15) is 36.7 Å². The highest BCUT2D eigenvalue weighted by molar-refractivity contribution is 6.33. The fourth-order valence-electron chi connectivity index (χ4n) is 2.03.